The molecule has 1 aromatic carbocycles. The van der Waals surface area contributed by atoms with Gasteiger partial charge in [0.05, 0.1) is 5.69 Å². The van der Waals surface area contributed by atoms with E-state index in [4.69, 9.17) is 23.2 Å². The van der Waals surface area contributed by atoms with Crippen LogP contribution in [0.4, 0.5) is 0 Å². The van der Waals surface area contributed by atoms with E-state index >= 15 is 0 Å². The Kier molecular flexibility index (Phi) is 4.82. The molecule has 0 atom stereocenters. The van der Waals surface area contributed by atoms with Gasteiger partial charge in [0.1, 0.15) is 11.3 Å². The van der Waals surface area contributed by atoms with E-state index in [1.54, 1.807) is 20.8 Å². The van der Waals surface area contributed by atoms with Crippen molar-refractivity contribution in [3.63, 3.8) is 0 Å². The third kappa shape index (κ3) is 3.66. The molecular weight excluding hydrogens is 355 g/mol. The van der Waals surface area contributed by atoms with Gasteiger partial charge in [0, 0.05) is 15.5 Å². The normalized spacial score (nSPS) is 11.4. The molecule has 0 aliphatic carbocycles. The first-order chi connectivity index (χ1) is 11.0. The quantitative estimate of drug-likeness (QED) is 0.837. The van der Waals surface area contributed by atoms with Crippen molar-refractivity contribution in [1.82, 2.24) is 9.78 Å². The second kappa shape index (κ2) is 6.37. The number of carboxylic acids is 1. The number of nitrogens with zero attached hydrogens (tertiary/aromatic N) is 2. The lowest BCUT2D eigenvalue weighted by Gasteiger charge is -2.17. The van der Waals surface area contributed by atoms with Gasteiger partial charge >= 0.3 is 5.97 Å². The number of ketones is 1. The minimum absolute atomic E-state index is 0.129. The lowest BCUT2D eigenvalue weighted by atomic mass is 9.88. The smallest absolute Gasteiger partial charge is 0.341 e. The number of carboxylic acid groups (broad SMARTS) is 1. The number of aromatic carboxylic acids is 1. The summed E-state index contributed by atoms with van der Waals surface area (Å²) in [4.78, 5) is 36.2. The van der Waals surface area contributed by atoms with E-state index in [1.807, 2.05) is 0 Å². The first-order valence-corrected chi connectivity index (χ1v) is 7.65. The number of halogens is 2. The van der Waals surface area contributed by atoms with Crippen molar-refractivity contribution in [1.29, 1.82) is 0 Å². The summed E-state index contributed by atoms with van der Waals surface area (Å²) in [7, 11) is 0. The van der Waals surface area contributed by atoms with Gasteiger partial charge in [-0.25, -0.2) is 4.79 Å². The number of aromatic nitrogens is 2. The molecule has 0 fully saturated rings. The van der Waals surface area contributed by atoms with Gasteiger partial charge in [-0.1, -0.05) is 44.0 Å². The van der Waals surface area contributed by atoms with Crippen LogP contribution in [0.3, 0.4) is 0 Å². The van der Waals surface area contributed by atoms with Gasteiger partial charge in [0.15, 0.2) is 5.78 Å². The van der Waals surface area contributed by atoms with Gasteiger partial charge in [-0.2, -0.15) is 9.78 Å². The van der Waals surface area contributed by atoms with Crippen LogP contribution in [0.25, 0.3) is 5.69 Å². The maximum Gasteiger partial charge on any atom is 0.341 e. The van der Waals surface area contributed by atoms with Crippen molar-refractivity contribution < 1.29 is 14.7 Å². The van der Waals surface area contributed by atoms with Crippen LogP contribution in [-0.2, 0) is 0 Å². The van der Waals surface area contributed by atoms with E-state index in [-0.39, 0.29) is 21.4 Å². The number of Topliss-reactive ketones (excluding diaryl/α,β-unsaturated/α-hetero) is 1. The zero-order chi connectivity index (χ0) is 18.2. The second-order valence-corrected chi connectivity index (χ2v) is 7.05. The fourth-order valence-electron chi connectivity index (χ4n) is 1.98. The first kappa shape index (κ1) is 18.2. The molecule has 0 saturated carbocycles. The zero-order valence-corrected chi connectivity index (χ0v) is 14.6. The van der Waals surface area contributed by atoms with Crippen molar-refractivity contribution in [3.8, 4) is 5.69 Å². The molecule has 1 N–H and O–H groups in total. The summed E-state index contributed by atoms with van der Waals surface area (Å²) < 4.78 is 0.820. The van der Waals surface area contributed by atoms with Crippen LogP contribution in [0.5, 0.6) is 0 Å². The average molecular weight is 369 g/mol. The number of hydrogen-bond acceptors (Lipinski definition) is 4. The Balaban J connectivity index is 2.80. The Morgan fingerprint density at radius 2 is 1.62 bits per heavy atom. The summed E-state index contributed by atoms with van der Waals surface area (Å²) in [6.07, 6.45) is 0. The standard InChI is InChI=1S/C16H14Cl2N2O4/c1-16(2,3)13(21)12-7-11(15(23)24)14(22)20(19-12)10-5-8(17)4-9(18)6-10/h4-7H,1-3H3,(H,23,24). The minimum atomic E-state index is -1.45. The molecule has 0 saturated heterocycles. The van der Waals surface area contributed by atoms with Gasteiger partial charge in [-0.3, -0.25) is 9.59 Å². The highest BCUT2D eigenvalue weighted by molar-refractivity contribution is 6.34. The summed E-state index contributed by atoms with van der Waals surface area (Å²) in [6.45, 7) is 5.01. The second-order valence-electron chi connectivity index (χ2n) is 6.17. The molecular formula is C16H14Cl2N2O4. The van der Waals surface area contributed by atoms with Crippen molar-refractivity contribution >= 4 is 35.0 Å². The van der Waals surface area contributed by atoms with Gasteiger partial charge in [-0.05, 0) is 24.3 Å². The van der Waals surface area contributed by atoms with Crippen LogP contribution in [0, 0.1) is 5.41 Å². The van der Waals surface area contributed by atoms with Gasteiger partial charge in [0.25, 0.3) is 5.56 Å². The molecule has 0 aliphatic heterocycles. The molecule has 1 heterocycles. The third-order valence-corrected chi connectivity index (χ3v) is 3.58. The fourth-order valence-corrected chi connectivity index (χ4v) is 2.49. The van der Waals surface area contributed by atoms with Crippen LogP contribution in [-0.4, -0.2) is 26.6 Å². The van der Waals surface area contributed by atoms with Crippen molar-refractivity contribution in [2.75, 3.05) is 0 Å². The number of carbonyl (C=O) groups is 2. The first-order valence-electron chi connectivity index (χ1n) is 6.89. The molecule has 126 valence electrons. The van der Waals surface area contributed by atoms with Crippen molar-refractivity contribution in [2.45, 2.75) is 20.8 Å². The van der Waals surface area contributed by atoms with Crippen LogP contribution < -0.4 is 5.56 Å². The molecule has 8 heteroatoms. The lowest BCUT2D eigenvalue weighted by molar-refractivity contribution is 0.0694. The molecule has 2 rings (SSSR count). The Morgan fingerprint density at radius 1 is 1.08 bits per heavy atom. The predicted octanol–water partition coefficient (Wildman–Crippen LogP) is 3.47. The van der Waals surface area contributed by atoms with E-state index in [2.05, 4.69) is 5.10 Å². The largest absolute Gasteiger partial charge is 0.477 e. The summed E-state index contributed by atoms with van der Waals surface area (Å²) in [6, 6.07) is 5.25. The monoisotopic (exact) mass is 368 g/mol. The molecule has 0 aliphatic rings. The molecule has 0 spiro atoms. The van der Waals surface area contributed by atoms with Gasteiger partial charge < -0.3 is 5.11 Å². The van der Waals surface area contributed by atoms with E-state index < -0.39 is 28.3 Å². The summed E-state index contributed by atoms with van der Waals surface area (Å²) >= 11 is 11.8. The molecule has 0 bridgehead atoms. The van der Waals surface area contributed by atoms with E-state index in [0.717, 1.165) is 10.7 Å². The highest BCUT2D eigenvalue weighted by Crippen LogP contribution is 2.22. The number of carbonyl (C=O) groups excluding carboxylic acids is 1. The predicted molar refractivity (Wildman–Crippen MR) is 90.6 cm³/mol. The molecule has 1 aromatic heterocycles. The van der Waals surface area contributed by atoms with Crippen LogP contribution in [0.2, 0.25) is 10.0 Å². The van der Waals surface area contributed by atoms with Gasteiger partial charge in [-0.15, -0.1) is 0 Å². The molecule has 24 heavy (non-hydrogen) atoms. The molecule has 0 amide bonds. The summed E-state index contributed by atoms with van der Waals surface area (Å²) in [5, 5.41) is 13.8. The van der Waals surface area contributed by atoms with Crippen molar-refractivity contribution in [2.24, 2.45) is 5.41 Å². The maximum atomic E-state index is 12.4. The third-order valence-electron chi connectivity index (χ3n) is 3.15. The molecule has 6 nitrogen and oxygen atoms in total. The van der Waals surface area contributed by atoms with Gasteiger partial charge in [0.2, 0.25) is 0 Å². The minimum Gasteiger partial charge on any atom is -0.477 e. The Labute approximate surface area is 147 Å². The SMILES string of the molecule is CC(C)(C)C(=O)c1cc(C(=O)O)c(=O)n(-c2cc(Cl)cc(Cl)c2)n1. The Morgan fingerprint density at radius 3 is 2.08 bits per heavy atom. The Bertz CT molecular complexity index is 878. The molecule has 2 aromatic rings. The zero-order valence-electron chi connectivity index (χ0n) is 13.1. The van der Waals surface area contributed by atoms with E-state index in [1.165, 1.54) is 18.2 Å². The summed E-state index contributed by atoms with van der Waals surface area (Å²) in [5.74, 6) is -1.85. The lowest BCUT2D eigenvalue weighted by Crippen LogP contribution is -2.31. The number of hydrogen-bond donors (Lipinski definition) is 1. The molecule has 0 unspecified atom stereocenters. The molecule has 0 radical (unpaired) electrons. The topological polar surface area (TPSA) is 89.3 Å². The number of rotatable bonds is 3. The van der Waals surface area contributed by atoms with Crippen LogP contribution >= 0.6 is 23.2 Å². The van der Waals surface area contributed by atoms with E-state index in [9.17, 15) is 19.5 Å². The maximum absolute atomic E-state index is 12.4. The van der Waals surface area contributed by atoms with Crippen LogP contribution in [0.15, 0.2) is 29.1 Å². The van der Waals surface area contributed by atoms with Crippen molar-refractivity contribution in [3.05, 3.63) is 55.9 Å². The van der Waals surface area contributed by atoms with E-state index in [0.29, 0.717) is 0 Å². The Hall–Kier alpha value is -2.18. The highest BCUT2D eigenvalue weighted by atomic mass is 35.5. The highest BCUT2D eigenvalue weighted by Gasteiger charge is 2.27. The van der Waals surface area contributed by atoms with Crippen LogP contribution in [0.1, 0.15) is 41.6 Å². The summed E-state index contributed by atoms with van der Waals surface area (Å²) in [5.41, 5.74) is -2.20. The fraction of sp³-hybridized carbons (Fsp3) is 0.250. The number of benzene rings is 1. The average Bonchev–Trinajstić information content (AvgIpc) is 2.44.